The zero-order valence-corrected chi connectivity index (χ0v) is 12.3. The van der Waals surface area contributed by atoms with Crippen molar-refractivity contribution < 1.29 is 14.3 Å². The number of hydrogen-bond donors (Lipinski definition) is 1. The second-order valence-corrected chi connectivity index (χ2v) is 4.34. The maximum Gasteiger partial charge on any atom is 0.255 e. The van der Waals surface area contributed by atoms with Gasteiger partial charge in [-0.2, -0.15) is 0 Å². The van der Waals surface area contributed by atoms with Gasteiger partial charge < -0.3 is 14.8 Å². The Labute approximate surface area is 124 Å². The Morgan fingerprint density at radius 1 is 0.952 bits per heavy atom. The number of carbonyl (C=O) groups excluding carboxylic acids is 1. The van der Waals surface area contributed by atoms with E-state index in [0.29, 0.717) is 30.2 Å². The molecule has 0 saturated heterocycles. The number of ether oxygens (including phenoxy) is 2. The summed E-state index contributed by atoms with van der Waals surface area (Å²) in [6.07, 6.45) is 0. The molecule has 0 unspecified atom stereocenters. The van der Waals surface area contributed by atoms with Crippen LogP contribution in [0.4, 0.5) is 5.69 Å². The number of benzene rings is 2. The first-order valence-electron chi connectivity index (χ1n) is 7.00. The number of rotatable bonds is 6. The van der Waals surface area contributed by atoms with E-state index < -0.39 is 0 Å². The van der Waals surface area contributed by atoms with Gasteiger partial charge in [0.15, 0.2) is 0 Å². The number of nitrogens with one attached hydrogen (secondary N) is 1. The van der Waals surface area contributed by atoms with E-state index in [1.807, 2.05) is 38.1 Å². The standard InChI is InChI=1S/C17H19NO3/c1-3-20-14-11-9-13(10-12-14)17(19)18-15-7-5-6-8-16(15)21-4-2/h5-12H,3-4H2,1-2H3,(H,18,19). The van der Waals surface area contributed by atoms with E-state index in [0.717, 1.165) is 5.75 Å². The largest absolute Gasteiger partial charge is 0.494 e. The maximum atomic E-state index is 12.2. The quantitative estimate of drug-likeness (QED) is 0.879. The monoisotopic (exact) mass is 285 g/mol. The Hall–Kier alpha value is -2.49. The third-order valence-corrected chi connectivity index (χ3v) is 2.86. The lowest BCUT2D eigenvalue weighted by atomic mass is 10.2. The van der Waals surface area contributed by atoms with Crippen LogP contribution in [0, 0.1) is 0 Å². The van der Waals surface area contributed by atoms with Crippen molar-refractivity contribution in [3.63, 3.8) is 0 Å². The predicted octanol–water partition coefficient (Wildman–Crippen LogP) is 3.74. The summed E-state index contributed by atoms with van der Waals surface area (Å²) < 4.78 is 10.8. The SMILES string of the molecule is CCOc1ccc(C(=O)Nc2ccccc2OCC)cc1. The maximum absolute atomic E-state index is 12.2. The molecule has 21 heavy (non-hydrogen) atoms. The highest BCUT2D eigenvalue weighted by Crippen LogP contribution is 2.24. The molecule has 4 nitrogen and oxygen atoms in total. The molecule has 0 aliphatic rings. The molecule has 1 N–H and O–H groups in total. The third kappa shape index (κ3) is 3.99. The average Bonchev–Trinajstić information content (AvgIpc) is 2.50. The van der Waals surface area contributed by atoms with E-state index in [-0.39, 0.29) is 5.91 Å². The van der Waals surface area contributed by atoms with Gasteiger partial charge in [-0.05, 0) is 50.2 Å². The van der Waals surface area contributed by atoms with Crippen molar-refractivity contribution in [3.8, 4) is 11.5 Å². The summed E-state index contributed by atoms with van der Waals surface area (Å²) in [6, 6.07) is 14.4. The summed E-state index contributed by atoms with van der Waals surface area (Å²) in [4.78, 5) is 12.2. The Balaban J connectivity index is 2.10. The molecule has 2 aromatic rings. The van der Waals surface area contributed by atoms with Crippen LogP contribution in [0.15, 0.2) is 48.5 Å². The summed E-state index contributed by atoms with van der Waals surface area (Å²) in [6.45, 7) is 4.99. The highest BCUT2D eigenvalue weighted by Gasteiger charge is 2.09. The lowest BCUT2D eigenvalue weighted by molar-refractivity contribution is 0.102. The van der Waals surface area contributed by atoms with E-state index in [2.05, 4.69) is 5.32 Å². The minimum absolute atomic E-state index is 0.176. The van der Waals surface area contributed by atoms with Gasteiger partial charge in [-0.3, -0.25) is 4.79 Å². The van der Waals surface area contributed by atoms with Crippen LogP contribution in [0.25, 0.3) is 0 Å². The fourth-order valence-electron chi connectivity index (χ4n) is 1.91. The molecule has 0 spiro atoms. The summed E-state index contributed by atoms with van der Waals surface area (Å²) >= 11 is 0. The van der Waals surface area contributed by atoms with Gasteiger partial charge >= 0.3 is 0 Å². The van der Waals surface area contributed by atoms with E-state index in [4.69, 9.17) is 9.47 Å². The summed E-state index contributed by atoms with van der Waals surface area (Å²) in [5, 5.41) is 2.86. The number of hydrogen-bond acceptors (Lipinski definition) is 3. The molecule has 110 valence electrons. The van der Waals surface area contributed by atoms with Gasteiger partial charge in [0.05, 0.1) is 18.9 Å². The minimum atomic E-state index is -0.176. The van der Waals surface area contributed by atoms with Crippen LogP contribution >= 0.6 is 0 Å². The topological polar surface area (TPSA) is 47.6 Å². The zero-order valence-electron chi connectivity index (χ0n) is 12.3. The van der Waals surface area contributed by atoms with Gasteiger partial charge in [-0.15, -0.1) is 0 Å². The number of para-hydroxylation sites is 2. The van der Waals surface area contributed by atoms with Crippen LogP contribution in [-0.2, 0) is 0 Å². The molecule has 0 aliphatic heterocycles. The third-order valence-electron chi connectivity index (χ3n) is 2.86. The smallest absolute Gasteiger partial charge is 0.255 e. The zero-order chi connectivity index (χ0) is 15.1. The molecule has 1 amide bonds. The van der Waals surface area contributed by atoms with Crippen molar-refractivity contribution in [2.24, 2.45) is 0 Å². The van der Waals surface area contributed by atoms with Crippen molar-refractivity contribution in [1.29, 1.82) is 0 Å². The van der Waals surface area contributed by atoms with Crippen LogP contribution in [0.5, 0.6) is 11.5 Å². The van der Waals surface area contributed by atoms with E-state index in [1.54, 1.807) is 24.3 Å². The Kier molecular flexibility index (Phi) is 5.21. The van der Waals surface area contributed by atoms with Gasteiger partial charge in [0.2, 0.25) is 0 Å². The summed E-state index contributed by atoms with van der Waals surface area (Å²) in [7, 11) is 0. The van der Waals surface area contributed by atoms with Crippen molar-refractivity contribution in [2.75, 3.05) is 18.5 Å². The fourth-order valence-corrected chi connectivity index (χ4v) is 1.91. The Morgan fingerprint density at radius 3 is 2.29 bits per heavy atom. The second-order valence-electron chi connectivity index (χ2n) is 4.34. The lowest BCUT2D eigenvalue weighted by Gasteiger charge is -2.11. The Bertz CT molecular complexity index is 593. The average molecular weight is 285 g/mol. The molecule has 2 aromatic carbocycles. The molecule has 0 fully saturated rings. The van der Waals surface area contributed by atoms with Gasteiger partial charge in [0.1, 0.15) is 11.5 Å². The first kappa shape index (κ1) is 14.9. The highest BCUT2D eigenvalue weighted by atomic mass is 16.5. The summed E-state index contributed by atoms with van der Waals surface area (Å²) in [5.74, 6) is 1.24. The molecular formula is C17H19NO3. The minimum Gasteiger partial charge on any atom is -0.494 e. The number of amides is 1. The highest BCUT2D eigenvalue weighted by molar-refractivity contribution is 6.05. The molecule has 0 bridgehead atoms. The Morgan fingerprint density at radius 2 is 1.62 bits per heavy atom. The van der Waals surface area contributed by atoms with Gasteiger partial charge in [0, 0.05) is 5.56 Å². The first-order chi connectivity index (χ1) is 10.2. The fraction of sp³-hybridized carbons (Fsp3) is 0.235. The van der Waals surface area contributed by atoms with Gasteiger partial charge in [-0.25, -0.2) is 0 Å². The van der Waals surface area contributed by atoms with Crippen molar-refractivity contribution in [3.05, 3.63) is 54.1 Å². The van der Waals surface area contributed by atoms with Crippen LogP contribution in [0.1, 0.15) is 24.2 Å². The van der Waals surface area contributed by atoms with Gasteiger partial charge in [-0.1, -0.05) is 12.1 Å². The molecule has 0 aromatic heterocycles. The molecule has 0 heterocycles. The van der Waals surface area contributed by atoms with Crippen molar-refractivity contribution in [2.45, 2.75) is 13.8 Å². The number of anilines is 1. The second kappa shape index (κ2) is 7.33. The van der Waals surface area contributed by atoms with E-state index in [9.17, 15) is 4.79 Å². The molecular weight excluding hydrogens is 266 g/mol. The van der Waals surface area contributed by atoms with Crippen LogP contribution in [0.3, 0.4) is 0 Å². The normalized spacial score (nSPS) is 10.0. The molecule has 0 radical (unpaired) electrons. The number of carbonyl (C=O) groups is 1. The molecule has 0 atom stereocenters. The molecule has 0 aliphatic carbocycles. The van der Waals surface area contributed by atoms with E-state index in [1.165, 1.54) is 0 Å². The summed E-state index contributed by atoms with van der Waals surface area (Å²) in [5.41, 5.74) is 1.24. The van der Waals surface area contributed by atoms with Gasteiger partial charge in [0.25, 0.3) is 5.91 Å². The molecule has 4 heteroatoms. The van der Waals surface area contributed by atoms with E-state index >= 15 is 0 Å². The lowest BCUT2D eigenvalue weighted by Crippen LogP contribution is -2.12. The van der Waals surface area contributed by atoms with Crippen LogP contribution in [-0.4, -0.2) is 19.1 Å². The van der Waals surface area contributed by atoms with Crippen molar-refractivity contribution >= 4 is 11.6 Å². The molecule has 2 rings (SSSR count). The molecule has 0 saturated carbocycles. The van der Waals surface area contributed by atoms with Crippen LogP contribution < -0.4 is 14.8 Å². The first-order valence-corrected chi connectivity index (χ1v) is 7.00. The predicted molar refractivity (Wildman–Crippen MR) is 83.2 cm³/mol. The van der Waals surface area contributed by atoms with Crippen LogP contribution in [0.2, 0.25) is 0 Å². The van der Waals surface area contributed by atoms with Crippen molar-refractivity contribution in [1.82, 2.24) is 0 Å².